The zero-order valence-electron chi connectivity index (χ0n) is 10.2. The molecular weight excluding hydrogens is 273 g/mol. The molecule has 1 unspecified atom stereocenters. The molecule has 20 heavy (non-hydrogen) atoms. The number of carbonyl (C=O) groups is 1. The Morgan fingerprint density at radius 1 is 1.30 bits per heavy atom. The number of halogens is 3. The zero-order valence-corrected chi connectivity index (χ0v) is 10.2. The van der Waals surface area contributed by atoms with Gasteiger partial charge in [-0.25, -0.2) is 0 Å². The second-order valence-corrected chi connectivity index (χ2v) is 4.25. The molecule has 7 heteroatoms. The van der Waals surface area contributed by atoms with Gasteiger partial charge in [-0.15, -0.1) is 0 Å². The van der Waals surface area contributed by atoms with Crippen molar-refractivity contribution in [3.63, 3.8) is 0 Å². The van der Waals surface area contributed by atoms with Crippen molar-refractivity contribution in [1.29, 1.82) is 0 Å². The van der Waals surface area contributed by atoms with Crippen LogP contribution in [0.3, 0.4) is 0 Å². The minimum atomic E-state index is -4.48. The van der Waals surface area contributed by atoms with Crippen LogP contribution in [0.4, 0.5) is 13.2 Å². The van der Waals surface area contributed by atoms with Crippen molar-refractivity contribution < 1.29 is 23.1 Å². The fourth-order valence-corrected chi connectivity index (χ4v) is 1.81. The van der Waals surface area contributed by atoms with Gasteiger partial charge in [0.05, 0.1) is 18.3 Å². The summed E-state index contributed by atoms with van der Waals surface area (Å²) in [5.41, 5.74) is -0.376. The summed E-state index contributed by atoms with van der Waals surface area (Å²) in [6.45, 7) is -0.157. The molecule has 0 saturated carbocycles. The lowest BCUT2D eigenvalue weighted by atomic mass is 9.99. The van der Waals surface area contributed by atoms with Crippen LogP contribution >= 0.6 is 0 Å². The van der Waals surface area contributed by atoms with Crippen molar-refractivity contribution in [2.45, 2.75) is 18.6 Å². The summed E-state index contributed by atoms with van der Waals surface area (Å²) in [5, 5.41) is 12.8. The molecule has 0 amide bonds. The maximum Gasteiger partial charge on any atom is 0.419 e. The zero-order chi connectivity index (χ0) is 14.8. The summed E-state index contributed by atoms with van der Waals surface area (Å²) in [6.07, 6.45) is -2.99. The van der Waals surface area contributed by atoms with Gasteiger partial charge >= 0.3 is 12.1 Å². The van der Waals surface area contributed by atoms with Gasteiger partial charge in [-0.3, -0.25) is 9.48 Å². The van der Waals surface area contributed by atoms with E-state index in [1.165, 1.54) is 0 Å². The Labute approximate surface area is 112 Å². The molecule has 0 aliphatic rings. The van der Waals surface area contributed by atoms with Gasteiger partial charge in [-0.2, -0.15) is 18.3 Å². The van der Waals surface area contributed by atoms with Crippen molar-refractivity contribution in [2.75, 3.05) is 0 Å². The number of hydrogen-bond donors (Lipinski definition) is 1. The summed E-state index contributed by atoms with van der Waals surface area (Å²) in [5.74, 6) is -2.06. The molecule has 0 fully saturated rings. The molecule has 0 aliphatic heterocycles. The van der Waals surface area contributed by atoms with Crippen LogP contribution in [0.15, 0.2) is 42.7 Å². The summed E-state index contributed by atoms with van der Waals surface area (Å²) in [6, 6.07) is 8.32. The Morgan fingerprint density at radius 2 is 1.95 bits per heavy atom. The Kier molecular flexibility index (Phi) is 3.78. The van der Waals surface area contributed by atoms with E-state index in [1.807, 2.05) is 0 Å². The molecule has 1 N–H and O–H groups in total. The molecule has 1 aromatic carbocycles. The molecule has 106 valence electrons. The summed E-state index contributed by atoms with van der Waals surface area (Å²) >= 11 is 0. The first-order chi connectivity index (χ1) is 9.38. The van der Waals surface area contributed by atoms with Gasteiger partial charge < -0.3 is 5.11 Å². The van der Waals surface area contributed by atoms with Crippen molar-refractivity contribution in [3.05, 3.63) is 53.9 Å². The molecule has 0 bridgehead atoms. The summed E-state index contributed by atoms with van der Waals surface area (Å²) < 4.78 is 38.3. The first-order valence-corrected chi connectivity index (χ1v) is 5.75. The van der Waals surface area contributed by atoms with Gasteiger partial charge in [0.25, 0.3) is 0 Å². The van der Waals surface area contributed by atoms with Crippen LogP contribution in [0.5, 0.6) is 0 Å². The number of carboxylic acid groups (broad SMARTS) is 1. The predicted octanol–water partition coefficient (Wildman–Crippen LogP) is 2.77. The van der Waals surface area contributed by atoms with E-state index in [9.17, 15) is 23.1 Å². The third-order valence-electron chi connectivity index (χ3n) is 2.83. The third-order valence-corrected chi connectivity index (χ3v) is 2.83. The normalized spacial score (nSPS) is 13.2. The van der Waals surface area contributed by atoms with Crippen molar-refractivity contribution in [2.24, 2.45) is 0 Å². The number of benzene rings is 1. The van der Waals surface area contributed by atoms with Gasteiger partial charge in [0.1, 0.15) is 5.92 Å². The molecule has 0 spiro atoms. The van der Waals surface area contributed by atoms with E-state index in [0.29, 0.717) is 11.8 Å². The predicted molar refractivity (Wildman–Crippen MR) is 64.0 cm³/mol. The number of alkyl halides is 3. The molecule has 2 rings (SSSR count). The molecule has 4 nitrogen and oxygen atoms in total. The molecule has 1 aromatic heterocycles. The molecule has 0 aliphatic carbocycles. The van der Waals surface area contributed by atoms with Crippen LogP contribution in [0.25, 0.3) is 0 Å². The molecule has 1 heterocycles. The smallest absolute Gasteiger partial charge is 0.419 e. The van der Waals surface area contributed by atoms with Gasteiger partial charge in [-0.1, -0.05) is 30.3 Å². The number of rotatable bonds is 4. The third kappa shape index (κ3) is 3.17. The van der Waals surface area contributed by atoms with Gasteiger partial charge in [-0.05, 0) is 5.56 Å². The lowest BCUT2D eigenvalue weighted by Crippen LogP contribution is -2.18. The van der Waals surface area contributed by atoms with E-state index >= 15 is 0 Å². The highest BCUT2D eigenvalue weighted by molar-refractivity contribution is 5.75. The maximum absolute atomic E-state index is 12.5. The first kappa shape index (κ1) is 14.1. The summed E-state index contributed by atoms with van der Waals surface area (Å²) in [7, 11) is 0. The van der Waals surface area contributed by atoms with Crippen molar-refractivity contribution in [1.82, 2.24) is 9.78 Å². The second kappa shape index (κ2) is 5.36. The van der Waals surface area contributed by atoms with Gasteiger partial charge in [0.2, 0.25) is 0 Å². The van der Waals surface area contributed by atoms with Crippen LogP contribution in [-0.4, -0.2) is 20.9 Å². The molecule has 0 saturated heterocycles. The standard InChI is InChI=1S/C13H11F3N2O2/c14-13(15,16)10-6-17-18(7-10)8-11(12(19)20)9-4-2-1-3-5-9/h1-7,11H,8H2,(H,19,20). The fourth-order valence-electron chi connectivity index (χ4n) is 1.81. The molecular formula is C13H11F3N2O2. The topological polar surface area (TPSA) is 55.1 Å². The fraction of sp³-hybridized carbons (Fsp3) is 0.231. The Morgan fingerprint density at radius 3 is 2.45 bits per heavy atom. The number of aliphatic carboxylic acids is 1. The Hall–Kier alpha value is -2.31. The summed E-state index contributed by atoms with van der Waals surface area (Å²) in [4.78, 5) is 11.2. The highest BCUT2D eigenvalue weighted by atomic mass is 19.4. The number of carboxylic acids is 1. The molecule has 0 radical (unpaired) electrons. The number of aromatic nitrogens is 2. The minimum Gasteiger partial charge on any atom is -0.481 e. The second-order valence-electron chi connectivity index (χ2n) is 4.25. The number of nitrogens with zero attached hydrogens (tertiary/aromatic N) is 2. The van der Waals surface area contributed by atoms with E-state index in [1.54, 1.807) is 30.3 Å². The van der Waals surface area contributed by atoms with E-state index in [0.717, 1.165) is 10.9 Å². The average molecular weight is 284 g/mol. The van der Waals surface area contributed by atoms with Crippen LogP contribution in [-0.2, 0) is 17.5 Å². The lowest BCUT2D eigenvalue weighted by Gasteiger charge is -2.12. The van der Waals surface area contributed by atoms with E-state index in [2.05, 4.69) is 5.10 Å². The van der Waals surface area contributed by atoms with Gasteiger partial charge in [0, 0.05) is 6.20 Å². The van der Waals surface area contributed by atoms with Crippen LogP contribution in [0.2, 0.25) is 0 Å². The first-order valence-electron chi connectivity index (χ1n) is 5.75. The molecule has 2 aromatic rings. The Bertz CT molecular complexity index is 593. The lowest BCUT2D eigenvalue weighted by molar-refractivity contribution is -0.139. The van der Waals surface area contributed by atoms with Crippen LogP contribution in [0.1, 0.15) is 17.0 Å². The maximum atomic E-state index is 12.5. The van der Waals surface area contributed by atoms with Crippen molar-refractivity contribution >= 4 is 5.97 Å². The molecule has 1 atom stereocenters. The van der Waals surface area contributed by atoms with Crippen LogP contribution < -0.4 is 0 Å². The minimum absolute atomic E-state index is 0.157. The van der Waals surface area contributed by atoms with E-state index in [4.69, 9.17) is 0 Å². The van der Waals surface area contributed by atoms with E-state index < -0.39 is 23.6 Å². The largest absolute Gasteiger partial charge is 0.481 e. The number of hydrogen-bond acceptors (Lipinski definition) is 2. The quantitative estimate of drug-likeness (QED) is 0.939. The van der Waals surface area contributed by atoms with Gasteiger partial charge in [0.15, 0.2) is 0 Å². The average Bonchev–Trinajstić information content (AvgIpc) is 2.85. The Balaban J connectivity index is 2.22. The highest BCUT2D eigenvalue weighted by Crippen LogP contribution is 2.29. The van der Waals surface area contributed by atoms with E-state index in [-0.39, 0.29) is 6.54 Å². The SMILES string of the molecule is O=C(O)C(Cn1cc(C(F)(F)F)cn1)c1ccccc1. The highest BCUT2D eigenvalue weighted by Gasteiger charge is 2.32. The monoisotopic (exact) mass is 284 g/mol. The van der Waals surface area contributed by atoms with Crippen molar-refractivity contribution in [3.8, 4) is 0 Å². The van der Waals surface area contributed by atoms with Crippen LogP contribution in [0, 0.1) is 0 Å².